The van der Waals surface area contributed by atoms with E-state index in [0.29, 0.717) is 17.6 Å². The van der Waals surface area contributed by atoms with Crippen LogP contribution in [0.15, 0.2) is 273 Å². The molecule has 0 saturated heterocycles. The van der Waals surface area contributed by atoms with Gasteiger partial charge in [-0.05, 0) is 92.0 Å². The summed E-state index contributed by atoms with van der Waals surface area (Å²) in [6, 6.07) is 97.5. The Morgan fingerprint density at radius 1 is 0.230 bits per heavy atom. The van der Waals surface area contributed by atoms with Crippen LogP contribution in [0.4, 0.5) is 0 Å². The monoisotopic (exact) mass is 943 g/mol. The summed E-state index contributed by atoms with van der Waals surface area (Å²) >= 11 is 0. The summed E-state index contributed by atoms with van der Waals surface area (Å²) in [6.45, 7) is 0. The lowest BCUT2D eigenvalue weighted by molar-refractivity contribution is 0.953. The molecule has 3 aromatic heterocycles. The molecule has 0 aliphatic carbocycles. The summed E-state index contributed by atoms with van der Waals surface area (Å²) in [7, 11) is 0. The van der Waals surface area contributed by atoms with Crippen LogP contribution < -0.4 is 0 Å². The number of benzene rings is 11. The van der Waals surface area contributed by atoms with E-state index in [9.17, 15) is 0 Å². The molecule has 0 saturated carbocycles. The third kappa shape index (κ3) is 7.37. The van der Waals surface area contributed by atoms with Crippen LogP contribution in [-0.2, 0) is 0 Å². The van der Waals surface area contributed by atoms with E-state index in [1.165, 1.54) is 27.8 Å². The van der Waals surface area contributed by atoms with Gasteiger partial charge in [-0.15, -0.1) is 0 Å². The highest BCUT2D eigenvalue weighted by molar-refractivity contribution is 6.23. The van der Waals surface area contributed by atoms with Crippen molar-refractivity contribution >= 4 is 43.6 Å². The van der Waals surface area contributed by atoms with E-state index in [1.807, 2.05) is 36.4 Å². The van der Waals surface area contributed by atoms with E-state index in [0.717, 1.165) is 88.2 Å². The standard InChI is InChI=1S/C69H45N5/c1-5-22-46(23-6-1)55-32-13-15-34-57(55)51-31-21-30-50(42-51)52-43-53(58-35-16-14-33-56(58)47-24-7-2-8-25-47)45-54(44-52)73-63-38-19-17-36-59(63)61-40-41-62-60-37-18-20-39-64(60)74(66(62)65(61)73)69-71-67(48-26-9-3-10-27-48)70-68(72-69)49-28-11-4-12-29-49/h1-45H. The lowest BCUT2D eigenvalue weighted by Crippen LogP contribution is -2.07. The van der Waals surface area contributed by atoms with Crippen molar-refractivity contribution in [2.75, 3.05) is 0 Å². The predicted octanol–water partition coefficient (Wildman–Crippen LogP) is 17.7. The van der Waals surface area contributed by atoms with Gasteiger partial charge in [-0.3, -0.25) is 4.57 Å². The van der Waals surface area contributed by atoms with Crippen LogP contribution in [0, 0.1) is 0 Å². The molecule has 14 rings (SSSR count). The van der Waals surface area contributed by atoms with E-state index in [4.69, 9.17) is 15.0 Å². The number of nitrogens with zero attached hydrogens (tertiary/aromatic N) is 5. The fourth-order valence-electron chi connectivity index (χ4n) is 11.0. The van der Waals surface area contributed by atoms with Gasteiger partial charge in [0.1, 0.15) is 0 Å². The van der Waals surface area contributed by atoms with Gasteiger partial charge in [0.2, 0.25) is 5.95 Å². The molecular weight excluding hydrogens is 899 g/mol. The average Bonchev–Trinajstić information content (AvgIpc) is 4.02. The second-order valence-electron chi connectivity index (χ2n) is 18.8. The second-order valence-corrected chi connectivity index (χ2v) is 18.8. The molecule has 0 amide bonds. The van der Waals surface area contributed by atoms with E-state index >= 15 is 0 Å². The highest BCUT2D eigenvalue weighted by Crippen LogP contribution is 2.44. The number of rotatable bonds is 9. The Balaban J connectivity index is 1.08. The van der Waals surface area contributed by atoms with Gasteiger partial charge in [0.05, 0.1) is 22.1 Å². The topological polar surface area (TPSA) is 48.5 Å². The van der Waals surface area contributed by atoms with Crippen LogP contribution in [-0.4, -0.2) is 24.1 Å². The molecule has 0 atom stereocenters. The van der Waals surface area contributed by atoms with Crippen molar-refractivity contribution in [2.24, 2.45) is 0 Å². The molecule has 14 aromatic rings. The molecule has 0 N–H and O–H groups in total. The van der Waals surface area contributed by atoms with Crippen molar-refractivity contribution in [3.63, 3.8) is 0 Å². The first-order chi connectivity index (χ1) is 36.7. The molecule has 11 aromatic carbocycles. The van der Waals surface area contributed by atoms with Gasteiger partial charge in [0, 0.05) is 38.4 Å². The summed E-state index contributed by atoms with van der Waals surface area (Å²) in [5, 5.41) is 4.51. The minimum Gasteiger partial charge on any atom is -0.307 e. The van der Waals surface area contributed by atoms with Crippen LogP contribution >= 0.6 is 0 Å². The Hall–Kier alpha value is -9.97. The van der Waals surface area contributed by atoms with Crippen molar-refractivity contribution in [3.05, 3.63) is 273 Å². The predicted molar refractivity (Wildman–Crippen MR) is 307 cm³/mol. The first-order valence-electron chi connectivity index (χ1n) is 25.1. The zero-order valence-corrected chi connectivity index (χ0v) is 40.2. The Bertz CT molecular complexity index is 4350. The first-order valence-corrected chi connectivity index (χ1v) is 25.1. The molecule has 5 nitrogen and oxygen atoms in total. The van der Waals surface area contributed by atoms with Gasteiger partial charge in [0.25, 0.3) is 0 Å². The largest absolute Gasteiger partial charge is 0.307 e. The molecule has 0 aliphatic rings. The quantitative estimate of drug-likeness (QED) is 0.145. The molecule has 0 bridgehead atoms. The zero-order chi connectivity index (χ0) is 49.0. The van der Waals surface area contributed by atoms with Crippen molar-refractivity contribution < 1.29 is 0 Å². The van der Waals surface area contributed by atoms with Crippen molar-refractivity contribution in [3.8, 4) is 90.0 Å². The Morgan fingerprint density at radius 3 is 1.15 bits per heavy atom. The van der Waals surface area contributed by atoms with Crippen molar-refractivity contribution in [1.82, 2.24) is 24.1 Å². The molecule has 74 heavy (non-hydrogen) atoms. The summed E-state index contributed by atoms with van der Waals surface area (Å²) in [5.41, 5.74) is 18.6. The lowest BCUT2D eigenvalue weighted by Gasteiger charge is -2.17. The van der Waals surface area contributed by atoms with E-state index in [2.05, 4.69) is 246 Å². The normalized spacial score (nSPS) is 11.5. The molecule has 346 valence electrons. The third-order valence-corrected chi connectivity index (χ3v) is 14.4. The van der Waals surface area contributed by atoms with Gasteiger partial charge in [-0.1, -0.05) is 237 Å². The molecule has 3 heterocycles. The minimum absolute atomic E-state index is 0.548. The number of fused-ring (bicyclic) bond motifs is 7. The second kappa shape index (κ2) is 18.0. The van der Waals surface area contributed by atoms with Crippen LogP contribution in [0.1, 0.15) is 0 Å². The fourth-order valence-corrected chi connectivity index (χ4v) is 11.0. The molecule has 0 radical (unpaired) electrons. The third-order valence-electron chi connectivity index (χ3n) is 14.4. The maximum atomic E-state index is 5.37. The van der Waals surface area contributed by atoms with Gasteiger partial charge in [-0.25, -0.2) is 4.98 Å². The molecular formula is C69H45N5. The molecule has 0 fully saturated rings. The number of para-hydroxylation sites is 2. The van der Waals surface area contributed by atoms with Gasteiger partial charge in [-0.2, -0.15) is 9.97 Å². The van der Waals surface area contributed by atoms with Gasteiger partial charge >= 0.3 is 0 Å². The van der Waals surface area contributed by atoms with Crippen molar-refractivity contribution in [2.45, 2.75) is 0 Å². The van der Waals surface area contributed by atoms with Crippen LogP contribution in [0.5, 0.6) is 0 Å². The Kier molecular flexibility index (Phi) is 10.4. The van der Waals surface area contributed by atoms with Gasteiger partial charge in [0.15, 0.2) is 11.6 Å². The highest BCUT2D eigenvalue weighted by Gasteiger charge is 2.24. The highest BCUT2D eigenvalue weighted by atomic mass is 15.2. The SMILES string of the molecule is c1ccc(-c2nc(-c3ccccc3)nc(-n3c4ccccc4c4ccc5c6ccccc6n(-c6cc(-c7cccc(-c8ccccc8-c8ccccc8)c7)cc(-c7ccccc7-c7ccccc7)c6)c5c43)n2)cc1. The maximum absolute atomic E-state index is 5.37. The van der Waals surface area contributed by atoms with E-state index in [-0.39, 0.29) is 0 Å². The van der Waals surface area contributed by atoms with Crippen LogP contribution in [0.3, 0.4) is 0 Å². The number of aromatic nitrogens is 5. The number of hydrogen-bond acceptors (Lipinski definition) is 3. The van der Waals surface area contributed by atoms with E-state index < -0.39 is 0 Å². The fraction of sp³-hybridized carbons (Fsp3) is 0. The average molecular weight is 944 g/mol. The Morgan fingerprint density at radius 2 is 0.608 bits per heavy atom. The minimum atomic E-state index is 0.548. The van der Waals surface area contributed by atoms with Crippen LogP contribution in [0.2, 0.25) is 0 Å². The lowest BCUT2D eigenvalue weighted by atomic mass is 9.90. The summed E-state index contributed by atoms with van der Waals surface area (Å²) in [4.78, 5) is 15.9. The smallest absolute Gasteiger partial charge is 0.238 e. The first kappa shape index (κ1) is 42.9. The molecule has 0 spiro atoms. The summed E-state index contributed by atoms with van der Waals surface area (Å²) in [5.74, 6) is 1.76. The van der Waals surface area contributed by atoms with Crippen LogP contribution in [0.25, 0.3) is 134 Å². The summed E-state index contributed by atoms with van der Waals surface area (Å²) in [6.07, 6.45) is 0. The molecule has 0 aliphatic heterocycles. The maximum Gasteiger partial charge on any atom is 0.238 e. The van der Waals surface area contributed by atoms with Gasteiger partial charge < -0.3 is 4.57 Å². The Labute approximate surface area is 428 Å². The van der Waals surface area contributed by atoms with E-state index in [1.54, 1.807) is 0 Å². The zero-order valence-electron chi connectivity index (χ0n) is 40.2. The molecule has 5 heteroatoms. The molecule has 0 unspecified atom stereocenters. The van der Waals surface area contributed by atoms with Crippen molar-refractivity contribution in [1.29, 1.82) is 0 Å². The summed E-state index contributed by atoms with van der Waals surface area (Å²) < 4.78 is 4.75. The number of hydrogen-bond donors (Lipinski definition) is 0.